The molecule has 3 aromatic rings. The quantitative estimate of drug-likeness (QED) is 0.362. The summed E-state index contributed by atoms with van der Waals surface area (Å²) in [5, 5.41) is 18.4. The largest absolute Gasteiger partial charge is 0.491 e. The van der Waals surface area contributed by atoms with E-state index in [0.29, 0.717) is 5.75 Å². The van der Waals surface area contributed by atoms with Crippen LogP contribution in [0, 0.1) is 6.92 Å². The van der Waals surface area contributed by atoms with E-state index >= 15 is 0 Å². The molecule has 4 N–H and O–H groups in total. The summed E-state index contributed by atoms with van der Waals surface area (Å²) < 4.78 is 5.82. The number of aliphatic hydroxyl groups is 1. The van der Waals surface area contributed by atoms with Crippen LogP contribution in [0.15, 0.2) is 78.9 Å². The summed E-state index contributed by atoms with van der Waals surface area (Å²) >= 11 is 0. The van der Waals surface area contributed by atoms with E-state index in [-0.39, 0.29) is 62.5 Å². The highest BCUT2D eigenvalue weighted by Gasteiger charge is 2.28. The fourth-order valence-corrected chi connectivity index (χ4v) is 4.93. The lowest BCUT2D eigenvalue weighted by Gasteiger charge is -2.26. The third-order valence-corrected chi connectivity index (χ3v) is 7.33. The molecule has 4 amide bonds. The van der Waals surface area contributed by atoms with Gasteiger partial charge in [0.1, 0.15) is 18.4 Å². The number of nitrogens with one attached hydrogen (secondary N) is 3. The number of ether oxygens (including phenoxy) is 1. The molecule has 4 rings (SSSR count). The summed E-state index contributed by atoms with van der Waals surface area (Å²) in [5.74, 6) is -1.57. The molecule has 1 heterocycles. The Balaban J connectivity index is 1.55. The van der Waals surface area contributed by atoms with E-state index in [1.54, 1.807) is 18.2 Å². The molecule has 3 aromatic carbocycles. The monoisotopic (exact) mass is 586 g/mol. The normalized spacial score (nSPS) is 17.6. The van der Waals surface area contributed by atoms with Crippen molar-refractivity contribution in [2.75, 3.05) is 32.8 Å². The van der Waals surface area contributed by atoms with Crippen LogP contribution < -0.4 is 20.7 Å². The molecule has 10 nitrogen and oxygen atoms in total. The zero-order valence-electron chi connectivity index (χ0n) is 24.4. The van der Waals surface area contributed by atoms with Crippen molar-refractivity contribution < 1.29 is 29.0 Å². The molecular weight excluding hydrogens is 548 g/mol. The molecule has 2 bridgehead atoms. The average Bonchev–Trinajstić information content (AvgIpc) is 3.01. The number of benzene rings is 3. The van der Waals surface area contributed by atoms with Gasteiger partial charge >= 0.3 is 0 Å². The molecule has 1 aliphatic rings. The van der Waals surface area contributed by atoms with Crippen LogP contribution in [0.4, 0.5) is 0 Å². The van der Waals surface area contributed by atoms with E-state index in [1.165, 1.54) is 11.8 Å². The maximum absolute atomic E-state index is 13.7. The van der Waals surface area contributed by atoms with Crippen molar-refractivity contribution in [3.8, 4) is 5.75 Å². The number of fused-ring (bicyclic) bond motifs is 2. The lowest BCUT2D eigenvalue weighted by atomic mass is 9.88. The summed E-state index contributed by atoms with van der Waals surface area (Å²) in [6.07, 6.45) is -1.08. The molecule has 0 aliphatic carbocycles. The van der Waals surface area contributed by atoms with E-state index in [0.717, 1.165) is 16.7 Å². The van der Waals surface area contributed by atoms with E-state index in [4.69, 9.17) is 4.74 Å². The van der Waals surface area contributed by atoms with Gasteiger partial charge in [0, 0.05) is 31.0 Å². The number of aliphatic hydroxyl groups excluding tert-OH is 1. The minimum absolute atomic E-state index is 0.01000. The van der Waals surface area contributed by atoms with Gasteiger partial charge in [0.2, 0.25) is 17.7 Å². The van der Waals surface area contributed by atoms with Gasteiger partial charge in [0.15, 0.2) is 0 Å². The molecule has 0 saturated heterocycles. The molecule has 1 aliphatic heterocycles. The van der Waals surface area contributed by atoms with Crippen LogP contribution in [0.3, 0.4) is 0 Å². The molecule has 0 radical (unpaired) electrons. The Kier molecular flexibility index (Phi) is 10.9. The molecule has 2 atom stereocenters. The minimum Gasteiger partial charge on any atom is -0.491 e. The average molecular weight is 587 g/mol. The predicted octanol–water partition coefficient (Wildman–Crippen LogP) is 2.15. The van der Waals surface area contributed by atoms with Crippen LogP contribution >= 0.6 is 0 Å². The number of carbonyl (C=O) groups is 4. The Bertz CT molecular complexity index is 1370. The van der Waals surface area contributed by atoms with Gasteiger partial charge in [-0.15, -0.1) is 0 Å². The highest BCUT2D eigenvalue weighted by atomic mass is 16.5. The zero-order valence-corrected chi connectivity index (χ0v) is 24.4. The van der Waals surface area contributed by atoms with Gasteiger partial charge in [-0.1, -0.05) is 66.7 Å². The van der Waals surface area contributed by atoms with Crippen LogP contribution in [0.1, 0.15) is 46.3 Å². The molecule has 0 unspecified atom stereocenters. The van der Waals surface area contributed by atoms with Gasteiger partial charge in [-0.05, 0) is 42.7 Å². The Hall–Kier alpha value is -4.70. The third-order valence-electron chi connectivity index (χ3n) is 7.33. The highest BCUT2D eigenvalue weighted by Crippen LogP contribution is 2.28. The molecule has 0 aromatic heterocycles. The van der Waals surface area contributed by atoms with E-state index in [2.05, 4.69) is 16.0 Å². The van der Waals surface area contributed by atoms with Crippen LogP contribution in [0.25, 0.3) is 0 Å². The second kappa shape index (κ2) is 15.0. The summed E-state index contributed by atoms with van der Waals surface area (Å²) in [6.45, 7) is 3.41. The smallest absolute Gasteiger partial charge is 0.252 e. The van der Waals surface area contributed by atoms with Gasteiger partial charge in [-0.25, -0.2) is 0 Å². The van der Waals surface area contributed by atoms with Crippen molar-refractivity contribution >= 4 is 23.6 Å². The van der Waals surface area contributed by atoms with Crippen molar-refractivity contribution in [2.45, 2.75) is 38.3 Å². The molecule has 0 fully saturated rings. The van der Waals surface area contributed by atoms with Gasteiger partial charge < -0.3 is 30.7 Å². The fourth-order valence-electron chi connectivity index (χ4n) is 4.93. The minimum atomic E-state index is -1.23. The second-order valence-electron chi connectivity index (χ2n) is 10.6. The summed E-state index contributed by atoms with van der Waals surface area (Å²) in [4.78, 5) is 54.1. The van der Waals surface area contributed by atoms with Crippen LogP contribution in [-0.4, -0.2) is 78.6 Å². The van der Waals surface area contributed by atoms with Crippen molar-refractivity contribution in [3.05, 3.63) is 101 Å². The second-order valence-corrected chi connectivity index (χ2v) is 10.6. The predicted molar refractivity (Wildman–Crippen MR) is 162 cm³/mol. The Labute approximate surface area is 251 Å². The van der Waals surface area contributed by atoms with Gasteiger partial charge in [-0.2, -0.15) is 0 Å². The first-order valence-electron chi connectivity index (χ1n) is 14.4. The Morgan fingerprint density at radius 1 is 0.953 bits per heavy atom. The number of hydrogen-bond donors (Lipinski definition) is 4. The van der Waals surface area contributed by atoms with Gasteiger partial charge in [0.05, 0.1) is 19.2 Å². The molecule has 0 spiro atoms. The van der Waals surface area contributed by atoms with Crippen molar-refractivity contribution in [1.29, 1.82) is 0 Å². The van der Waals surface area contributed by atoms with E-state index in [1.807, 2.05) is 67.6 Å². The first-order chi connectivity index (χ1) is 20.7. The maximum atomic E-state index is 13.7. The zero-order chi connectivity index (χ0) is 30.8. The van der Waals surface area contributed by atoms with E-state index < -0.39 is 24.0 Å². The lowest BCUT2D eigenvalue weighted by molar-refractivity contribution is -0.136. The molecule has 226 valence electrons. The number of nitrogens with zero attached hydrogens (tertiary/aromatic N) is 1. The number of aryl methyl sites for hydroxylation is 1. The van der Waals surface area contributed by atoms with Crippen molar-refractivity contribution in [1.82, 2.24) is 20.9 Å². The van der Waals surface area contributed by atoms with Crippen molar-refractivity contribution in [3.63, 3.8) is 0 Å². The number of rotatable bonds is 5. The summed E-state index contributed by atoms with van der Waals surface area (Å²) in [6, 6.07) is 23.0. The van der Waals surface area contributed by atoms with Crippen molar-refractivity contribution in [2.24, 2.45) is 0 Å². The lowest BCUT2D eigenvalue weighted by Crippen LogP contribution is -2.53. The number of amides is 4. The standard InChI is InChI=1S/C33H38N4O6/c1-22-13-14-26-19-28(22)43-18-16-34-29(39)21-37(17-15-35-33(42)31(23(2)38)36-32(26)41)30(40)20-27(24-9-5-3-6-10-24)25-11-7-4-8-12-25/h3-14,19,23,27,31,38H,15-18,20-21H2,1-2H3,(H,34,39)(H,35,42)(H,36,41)/t23-,31+/m1/s1. The third kappa shape index (κ3) is 8.65. The van der Waals surface area contributed by atoms with Gasteiger partial charge in [0.25, 0.3) is 5.91 Å². The first kappa shape index (κ1) is 31.2. The molecule has 10 heteroatoms. The SMILES string of the molecule is Cc1ccc2cc1OCCNC(=O)CN(C(=O)CC(c1ccccc1)c1ccccc1)CCNC(=O)[C@H]([C@@H](C)O)NC2=O. The Morgan fingerprint density at radius 2 is 1.60 bits per heavy atom. The molecule has 0 saturated carbocycles. The first-order valence-corrected chi connectivity index (χ1v) is 14.4. The van der Waals surface area contributed by atoms with E-state index in [9.17, 15) is 24.3 Å². The van der Waals surface area contributed by atoms with Crippen LogP contribution in [0.5, 0.6) is 5.75 Å². The molecule has 43 heavy (non-hydrogen) atoms. The Morgan fingerprint density at radius 3 is 2.23 bits per heavy atom. The summed E-state index contributed by atoms with van der Waals surface area (Å²) in [7, 11) is 0. The maximum Gasteiger partial charge on any atom is 0.252 e. The number of hydrogen-bond acceptors (Lipinski definition) is 6. The summed E-state index contributed by atoms with van der Waals surface area (Å²) in [5.41, 5.74) is 2.98. The van der Waals surface area contributed by atoms with Crippen LogP contribution in [0.2, 0.25) is 0 Å². The highest BCUT2D eigenvalue weighted by molar-refractivity contribution is 5.98. The topological polar surface area (TPSA) is 137 Å². The molecular formula is C33H38N4O6. The van der Waals surface area contributed by atoms with Gasteiger partial charge in [-0.3, -0.25) is 19.2 Å². The number of carbonyl (C=O) groups excluding carboxylic acids is 4. The van der Waals surface area contributed by atoms with Crippen LogP contribution in [-0.2, 0) is 14.4 Å². The fraction of sp³-hybridized carbons (Fsp3) is 0.333.